The van der Waals surface area contributed by atoms with Crippen molar-refractivity contribution < 1.29 is 14.6 Å². The molecule has 1 amide bonds. The number of carbonyl (C=O) groups is 1. The maximum Gasteiger partial charge on any atom is 0.253 e. The first-order valence-corrected chi connectivity index (χ1v) is 7.77. The van der Waals surface area contributed by atoms with Crippen molar-refractivity contribution in [2.24, 2.45) is 5.92 Å². The molecule has 3 rings (SSSR count). The van der Waals surface area contributed by atoms with Crippen molar-refractivity contribution in [3.8, 4) is 5.88 Å². The largest absolute Gasteiger partial charge is 0.481 e. The maximum atomic E-state index is 12.5. The van der Waals surface area contributed by atoms with E-state index in [2.05, 4.69) is 15.3 Å². The minimum absolute atomic E-state index is 0.167. The number of nitrogens with one attached hydrogen (secondary N) is 1. The second kappa shape index (κ2) is 6.84. The molecular weight excluding hydrogens is 308 g/mol. The Hall–Kier alpha value is -2.67. The van der Waals surface area contributed by atoms with Gasteiger partial charge in [0.15, 0.2) is 0 Å². The topological polar surface area (TPSA) is 110 Å². The molecule has 0 aromatic carbocycles. The van der Waals surface area contributed by atoms with Crippen molar-refractivity contribution >= 4 is 11.7 Å². The number of nitrogen functional groups attached to an aromatic ring is 1. The Labute approximate surface area is 139 Å². The minimum Gasteiger partial charge on any atom is -0.481 e. The lowest BCUT2D eigenvalue weighted by Gasteiger charge is -2.38. The number of hydrogen-bond acceptors (Lipinski definition) is 6. The van der Waals surface area contributed by atoms with Gasteiger partial charge in [0.05, 0.1) is 24.8 Å². The number of aliphatic hydroxyl groups excluding tert-OH is 1. The van der Waals surface area contributed by atoms with Crippen LogP contribution in [0.25, 0.3) is 0 Å². The van der Waals surface area contributed by atoms with Crippen LogP contribution in [-0.4, -0.2) is 34.2 Å². The Balaban J connectivity index is 1.79. The Kier molecular flexibility index (Phi) is 4.61. The molecule has 1 saturated carbocycles. The van der Waals surface area contributed by atoms with Crippen LogP contribution in [0.5, 0.6) is 5.88 Å². The van der Waals surface area contributed by atoms with Crippen LogP contribution in [0.2, 0.25) is 0 Å². The highest BCUT2D eigenvalue weighted by Gasteiger charge is 2.36. The van der Waals surface area contributed by atoms with Crippen LogP contribution >= 0.6 is 0 Å². The Morgan fingerprint density at radius 1 is 1.29 bits per heavy atom. The number of pyridine rings is 2. The molecular formula is C17H20N4O3. The SMILES string of the molecule is COc1ccc(C(NC(=O)c2ccc(N)nc2)C2CC(O)C2)cn1. The van der Waals surface area contributed by atoms with E-state index in [1.54, 1.807) is 31.5 Å². The summed E-state index contributed by atoms with van der Waals surface area (Å²) in [5, 5.41) is 12.6. The number of rotatable bonds is 5. The second-order valence-electron chi connectivity index (χ2n) is 5.94. The molecule has 2 aromatic heterocycles. The van der Waals surface area contributed by atoms with Crippen LogP contribution in [0.1, 0.15) is 34.8 Å². The lowest BCUT2D eigenvalue weighted by atomic mass is 9.75. The van der Waals surface area contributed by atoms with Crippen molar-refractivity contribution in [2.45, 2.75) is 25.0 Å². The number of aliphatic hydroxyl groups is 1. The summed E-state index contributed by atoms with van der Waals surface area (Å²) in [6.07, 6.45) is 4.13. The van der Waals surface area contributed by atoms with Crippen molar-refractivity contribution in [3.63, 3.8) is 0 Å². The van der Waals surface area contributed by atoms with Crippen LogP contribution in [0, 0.1) is 5.92 Å². The van der Waals surface area contributed by atoms with E-state index in [1.165, 1.54) is 6.20 Å². The smallest absolute Gasteiger partial charge is 0.253 e. The summed E-state index contributed by atoms with van der Waals surface area (Å²) in [7, 11) is 1.55. The Morgan fingerprint density at radius 3 is 2.62 bits per heavy atom. The molecule has 2 aromatic rings. The molecule has 0 bridgehead atoms. The van der Waals surface area contributed by atoms with Gasteiger partial charge in [-0.2, -0.15) is 0 Å². The van der Waals surface area contributed by atoms with Crippen molar-refractivity contribution in [3.05, 3.63) is 47.8 Å². The van der Waals surface area contributed by atoms with Crippen molar-refractivity contribution in [1.82, 2.24) is 15.3 Å². The van der Waals surface area contributed by atoms with E-state index < -0.39 is 0 Å². The predicted octanol–water partition coefficient (Wildman–Crippen LogP) is 1.31. The predicted molar refractivity (Wildman–Crippen MR) is 88.4 cm³/mol. The van der Waals surface area contributed by atoms with E-state index in [0.717, 1.165) is 5.56 Å². The van der Waals surface area contributed by atoms with Gasteiger partial charge < -0.3 is 20.9 Å². The molecule has 24 heavy (non-hydrogen) atoms. The van der Waals surface area contributed by atoms with Crippen LogP contribution in [0.15, 0.2) is 36.7 Å². The summed E-state index contributed by atoms with van der Waals surface area (Å²) >= 11 is 0. The fourth-order valence-corrected chi connectivity index (χ4v) is 2.84. The number of carbonyl (C=O) groups excluding carboxylic acids is 1. The summed E-state index contributed by atoms with van der Waals surface area (Å²) in [4.78, 5) is 20.6. The molecule has 0 spiro atoms. The highest BCUT2D eigenvalue weighted by atomic mass is 16.5. The fraction of sp³-hybridized carbons (Fsp3) is 0.353. The second-order valence-corrected chi connectivity index (χ2v) is 5.94. The van der Waals surface area contributed by atoms with Gasteiger partial charge in [-0.25, -0.2) is 9.97 Å². The van der Waals surface area contributed by atoms with Gasteiger partial charge in [-0.05, 0) is 36.5 Å². The third-order valence-corrected chi connectivity index (χ3v) is 4.28. The number of aromatic nitrogens is 2. The number of amides is 1. The molecule has 126 valence electrons. The first-order valence-electron chi connectivity index (χ1n) is 7.77. The van der Waals surface area contributed by atoms with Crippen LogP contribution in [0.3, 0.4) is 0 Å². The normalized spacial score (nSPS) is 20.8. The molecule has 1 atom stereocenters. The molecule has 1 aliphatic carbocycles. The average Bonchev–Trinajstić information content (AvgIpc) is 2.58. The number of methoxy groups -OCH3 is 1. The Morgan fingerprint density at radius 2 is 2.08 bits per heavy atom. The zero-order chi connectivity index (χ0) is 17.1. The quantitative estimate of drug-likeness (QED) is 0.763. The van der Waals surface area contributed by atoms with E-state index >= 15 is 0 Å². The molecule has 1 unspecified atom stereocenters. The number of hydrogen-bond donors (Lipinski definition) is 3. The monoisotopic (exact) mass is 328 g/mol. The molecule has 7 nitrogen and oxygen atoms in total. The third kappa shape index (κ3) is 3.46. The molecule has 2 heterocycles. The zero-order valence-electron chi connectivity index (χ0n) is 13.3. The van der Waals surface area contributed by atoms with Gasteiger partial charge in [0, 0.05) is 18.5 Å². The summed E-state index contributed by atoms with van der Waals surface area (Å²) in [5.41, 5.74) is 6.87. The van der Waals surface area contributed by atoms with Crippen LogP contribution < -0.4 is 15.8 Å². The van der Waals surface area contributed by atoms with Gasteiger partial charge in [-0.15, -0.1) is 0 Å². The molecule has 7 heteroatoms. The number of nitrogens with two attached hydrogens (primary N) is 1. The minimum atomic E-state index is -0.307. The van der Waals surface area contributed by atoms with E-state index in [0.29, 0.717) is 30.1 Å². The van der Waals surface area contributed by atoms with E-state index in [1.807, 2.05) is 6.07 Å². The first kappa shape index (κ1) is 16.2. The standard InChI is InChI=1S/C17H20N4O3/c1-24-15-5-3-10(8-20-15)16(12-6-13(22)7-12)21-17(23)11-2-4-14(18)19-9-11/h2-5,8-9,12-13,16,22H,6-7H2,1H3,(H2,18,19)(H,21,23). The average molecular weight is 328 g/mol. The number of ether oxygens (including phenoxy) is 1. The van der Waals surface area contributed by atoms with Crippen LogP contribution in [0.4, 0.5) is 5.82 Å². The van der Waals surface area contributed by atoms with Crippen LogP contribution in [-0.2, 0) is 0 Å². The molecule has 0 aliphatic heterocycles. The van der Waals surface area contributed by atoms with E-state index in [-0.39, 0.29) is 24.0 Å². The van der Waals surface area contributed by atoms with E-state index in [9.17, 15) is 9.90 Å². The lowest BCUT2D eigenvalue weighted by Crippen LogP contribution is -2.41. The highest BCUT2D eigenvalue weighted by molar-refractivity contribution is 5.94. The molecule has 1 fully saturated rings. The number of nitrogens with zero attached hydrogens (tertiary/aromatic N) is 2. The molecule has 0 radical (unpaired) electrons. The molecule has 1 aliphatic rings. The van der Waals surface area contributed by atoms with Crippen molar-refractivity contribution in [2.75, 3.05) is 12.8 Å². The van der Waals surface area contributed by atoms with E-state index in [4.69, 9.17) is 10.5 Å². The molecule has 4 N–H and O–H groups in total. The van der Waals surface area contributed by atoms with Crippen molar-refractivity contribution in [1.29, 1.82) is 0 Å². The van der Waals surface area contributed by atoms with Gasteiger partial charge in [0.2, 0.25) is 5.88 Å². The van der Waals surface area contributed by atoms with Gasteiger partial charge in [0.25, 0.3) is 5.91 Å². The third-order valence-electron chi connectivity index (χ3n) is 4.28. The fourth-order valence-electron chi connectivity index (χ4n) is 2.84. The van der Waals surface area contributed by atoms with Gasteiger partial charge in [-0.1, -0.05) is 6.07 Å². The first-order chi connectivity index (χ1) is 11.6. The molecule has 0 saturated heterocycles. The number of anilines is 1. The maximum absolute atomic E-state index is 12.5. The highest BCUT2D eigenvalue weighted by Crippen LogP contribution is 2.38. The summed E-state index contributed by atoms with van der Waals surface area (Å²) in [6, 6.07) is 6.64. The van der Waals surface area contributed by atoms with Gasteiger partial charge in [0.1, 0.15) is 5.82 Å². The summed E-state index contributed by atoms with van der Waals surface area (Å²) in [5.74, 6) is 0.815. The Bertz CT molecular complexity index is 697. The van der Waals surface area contributed by atoms with Gasteiger partial charge >= 0.3 is 0 Å². The zero-order valence-corrected chi connectivity index (χ0v) is 13.3. The lowest BCUT2D eigenvalue weighted by molar-refractivity contribution is 0.0234. The summed E-state index contributed by atoms with van der Waals surface area (Å²) < 4.78 is 5.07. The summed E-state index contributed by atoms with van der Waals surface area (Å²) in [6.45, 7) is 0. The van der Waals surface area contributed by atoms with Gasteiger partial charge in [-0.3, -0.25) is 4.79 Å².